The quantitative estimate of drug-likeness (QED) is 0.887. The highest BCUT2D eigenvalue weighted by atomic mass is 35.5. The molecule has 0 spiro atoms. The number of thiophene rings is 1. The van der Waals surface area contributed by atoms with Crippen LogP contribution in [0.3, 0.4) is 0 Å². The molecule has 0 aromatic carbocycles. The predicted octanol–water partition coefficient (Wildman–Crippen LogP) is 2.93. The Balaban J connectivity index is 1.94. The van der Waals surface area contributed by atoms with Crippen LogP contribution in [0.15, 0.2) is 24.3 Å². The zero-order valence-electron chi connectivity index (χ0n) is 10.1. The van der Waals surface area contributed by atoms with E-state index in [1.807, 2.05) is 19.1 Å². The molecule has 0 bridgehead atoms. The Morgan fingerprint density at radius 3 is 2.74 bits per heavy atom. The fourth-order valence-corrected chi connectivity index (χ4v) is 2.81. The molecule has 0 radical (unpaired) electrons. The van der Waals surface area contributed by atoms with E-state index in [4.69, 9.17) is 16.7 Å². The molecule has 0 aliphatic heterocycles. The zero-order valence-corrected chi connectivity index (χ0v) is 11.7. The van der Waals surface area contributed by atoms with Crippen LogP contribution in [0.5, 0.6) is 0 Å². The topological polar surface area (TPSA) is 75.1 Å². The lowest BCUT2D eigenvalue weighted by molar-refractivity contribution is 0.0689. The number of aromatic carboxylic acids is 1. The van der Waals surface area contributed by atoms with Gasteiger partial charge in [-0.15, -0.1) is 21.5 Å². The van der Waals surface area contributed by atoms with Crippen molar-refractivity contribution in [2.45, 2.75) is 19.4 Å². The van der Waals surface area contributed by atoms with E-state index in [1.54, 1.807) is 17.4 Å². The van der Waals surface area contributed by atoms with Gasteiger partial charge in [-0.1, -0.05) is 11.6 Å². The van der Waals surface area contributed by atoms with Gasteiger partial charge in [0, 0.05) is 17.3 Å². The van der Waals surface area contributed by atoms with E-state index in [-0.39, 0.29) is 11.7 Å². The van der Waals surface area contributed by atoms with E-state index in [9.17, 15) is 4.79 Å². The summed E-state index contributed by atoms with van der Waals surface area (Å²) in [6.07, 6.45) is 0.819. The van der Waals surface area contributed by atoms with E-state index in [0.717, 1.165) is 10.8 Å². The second-order valence-corrected chi connectivity index (χ2v) is 5.86. The lowest BCUT2D eigenvalue weighted by Crippen LogP contribution is -2.19. The molecule has 0 amide bonds. The fraction of sp³-hybridized carbons (Fsp3) is 0.250. The van der Waals surface area contributed by atoms with Gasteiger partial charge in [-0.3, -0.25) is 0 Å². The van der Waals surface area contributed by atoms with E-state index in [1.165, 1.54) is 10.9 Å². The number of hydrogen-bond donors (Lipinski definition) is 2. The van der Waals surface area contributed by atoms with Gasteiger partial charge in [0.15, 0.2) is 5.69 Å². The first-order valence-electron chi connectivity index (χ1n) is 5.62. The molecule has 19 heavy (non-hydrogen) atoms. The number of anilines is 1. The molecule has 5 nitrogen and oxygen atoms in total. The number of halogens is 1. The van der Waals surface area contributed by atoms with Crippen molar-refractivity contribution in [1.82, 2.24) is 10.2 Å². The van der Waals surface area contributed by atoms with Gasteiger partial charge in [-0.05, 0) is 31.2 Å². The third kappa shape index (κ3) is 3.90. The number of rotatable bonds is 5. The normalized spacial score (nSPS) is 12.1. The van der Waals surface area contributed by atoms with Crippen LogP contribution in [-0.4, -0.2) is 27.3 Å². The van der Waals surface area contributed by atoms with Crippen LogP contribution in [0.4, 0.5) is 5.82 Å². The van der Waals surface area contributed by atoms with Crippen molar-refractivity contribution in [3.05, 3.63) is 39.2 Å². The minimum Gasteiger partial charge on any atom is -0.476 e. The molecule has 0 aliphatic carbocycles. The molecular weight excluding hydrogens is 286 g/mol. The molecule has 0 saturated heterocycles. The lowest BCUT2D eigenvalue weighted by Gasteiger charge is -2.12. The third-order valence-corrected chi connectivity index (χ3v) is 3.67. The van der Waals surface area contributed by atoms with Crippen LogP contribution >= 0.6 is 22.9 Å². The molecule has 7 heteroatoms. The Hall–Kier alpha value is -1.66. The van der Waals surface area contributed by atoms with Crippen molar-refractivity contribution in [2.75, 3.05) is 5.32 Å². The van der Waals surface area contributed by atoms with Gasteiger partial charge in [-0.25, -0.2) is 4.79 Å². The van der Waals surface area contributed by atoms with Crippen molar-refractivity contribution in [3.63, 3.8) is 0 Å². The van der Waals surface area contributed by atoms with Crippen molar-refractivity contribution in [1.29, 1.82) is 0 Å². The summed E-state index contributed by atoms with van der Waals surface area (Å²) in [4.78, 5) is 11.8. The Bertz CT molecular complexity index is 571. The first kappa shape index (κ1) is 13.8. The molecule has 2 heterocycles. The maximum Gasteiger partial charge on any atom is 0.356 e. The monoisotopic (exact) mass is 297 g/mol. The number of carboxylic acid groups (broad SMARTS) is 1. The summed E-state index contributed by atoms with van der Waals surface area (Å²) in [5.74, 6) is -0.527. The van der Waals surface area contributed by atoms with E-state index in [0.29, 0.717) is 5.82 Å². The second kappa shape index (κ2) is 5.99. The Kier molecular flexibility index (Phi) is 4.34. The van der Waals surface area contributed by atoms with Gasteiger partial charge in [0.05, 0.1) is 4.34 Å². The van der Waals surface area contributed by atoms with Gasteiger partial charge in [0.2, 0.25) is 0 Å². The van der Waals surface area contributed by atoms with Crippen LogP contribution in [0.2, 0.25) is 4.34 Å². The first-order valence-corrected chi connectivity index (χ1v) is 6.82. The average Bonchev–Trinajstić information content (AvgIpc) is 2.75. The summed E-state index contributed by atoms with van der Waals surface area (Å²) in [6.45, 7) is 2.01. The van der Waals surface area contributed by atoms with Gasteiger partial charge >= 0.3 is 5.97 Å². The Morgan fingerprint density at radius 1 is 1.42 bits per heavy atom. The summed E-state index contributed by atoms with van der Waals surface area (Å²) in [6, 6.07) is 7.04. The molecular formula is C12H12ClN3O2S. The van der Waals surface area contributed by atoms with Crippen molar-refractivity contribution in [3.8, 4) is 0 Å². The molecule has 0 fully saturated rings. The van der Waals surface area contributed by atoms with Gasteiger partial charge < -0.3 is 10.4 Å². The van der Waals surface area contributed by atoms with E-state index >= 15 is 0 Å². The predicted molar refractivity (Wildman–Crippen MR) is 75.1 cm³/mol. The highest BCUT2D eigenvalue weighted by Gasteiger charge is 2.09. The fourth-order valence-electron chi connectivity index (χ4n) is 1.59. The van der Waals surface area contributed by atoms with Crippen LogP contribution in [0.25, 0.3) is 0 Å². The molecule has 2 aromatic heterocycles. The SMILES string of the molecule is CC(Cc1ccc(Cl)s1)Nc1ccc(C(=O)O)nn1. The smallest absolute Gasteiger partial charge is 0.356 e. The van der Waals surface area contributed by atoms with E-state index < -0.39 is 5.97 Å². The summed E-state index contributed by atoms with van der Waals surface area (Å²) in [5, 5.41) is 19.3. The number of nitrogens with zero attached hydrogens (tertiary/aromatic N) is 2. The maximum atomic E-state index is 10.6. The average molecular weight is 298 g/mol. The van der Waals surface area contributed by atoms with E-state index in [2.05, 4.69) is 15.5 Å². The number of aromatic nitrogens is 2. The molecule has 2 aromatic rings. The minimum atomic E-state index is -1.08. The molecule has 1 unspecified atom stereocenters. The largest absolute Gasteiger partial charge is 0.476 e. The summed E-state index contributed by atoms with van der Waals surface area (Å²) in [5.41, 5.74) is -0.0664. The molecule has 2 rings (SSSR count). The minimum absolute atomic E-state index is 0.0664. The summed E-state index contributed by atoms with van der Waals surface area (Å²) < 4.78 is 0.771. The summed E-state index contributed by atoms with van der Waals surface area (Å²) >= 11 is 7.42. The molecule has 2 N–H and O–H groups in total. The van der Waals surface area contributed by atoms with Crippen molar-refractivity contribution < 1.29 is 9.90 Å². The summed E-state index contributed by atoms with van der Waals surface area (Å²) in [7, 11) is 0. The highest BCUT2D eigenvalue weighted by Crippen LogP contribution is 2.23. The van der Waals surface area contributed by atoms with Crippen molar-refractivity contribution in [2.24, 2.45) is 0 Å². The maximum absolute atomic E-state index is 10.6. The van der Waals surface area contributed by atoms with Crippen molar-refractivity contribution >= 4 is 34.7 Å². The van der Waals surface area contributed by atoms with Crippen LogP contribution in [0.1, 0.15) is 22.3 Å². The number of nitrogens with one attached hydrogen (secondary N) is 1. The number of carboxylic acids is 1. The third-order valence-electron chi connectivity index (χ3n) is 2.41. The number of carbonyl (C=O) groups is 1. The number of hydrogen-bond acceptors (Lipinski definition) is 5. The molecule has 0 aliphatic rings. The van der Waals surface area contributed by atoms with Crippen LogP contribution in [-0.2, 0) is 6.42 Å². The van der Waals surface area contributed by atoms with Gasteiger partial charge in [-0.2, -0.15) is 0 Å². The Morgan fingerprint density at radius 2 is 2.21 bits per heavy atom. The molecule has 1 atom stereocenters. The highest BCUT2D eigenvalue weighted by molar-refractivity contribution is 7.16. The molecule has 100 valence electrons. The lowest BCUT2D eigenvalue weighted by atomic mass is 10.2. The second-order valence-electron chi connectivity index (χ2n) is 4.06. The van der Waals surface area contributed by atoms with Crippen LogP contribution in [0, 0.1) is 0 Å². The molecule has 0 saturated carbocycles. The first-order chi connectivity index (χ1) is 9.04. The van der Waals surface area contributed by atoms with Gasteiger partial charge in [0.25, 0.3) is 0 Å². The van der Waals surface area contributed by atoms with Crippen LogP contribution < -0.4 is 5.32 Å². The standard InChI is InChI=1S/C12H12ClN3O2S/c1-7(6-8-2-4-10(13)19-8)14-11-5-3-9(12(17)18)15-16-11/h2-5,7H,6H2,1H3,(H,14,16)(H,17,18). The van der Waals surface area contributed by atoms with Gasteiger partial charge in [0.1, 0.15) is 5.82 Å². The Labute approximate surface area is 119 Å². The zero-order chi connectivity index (χ0) is 13.8.